The third kappa shape index (κ3) is 4.61. The molecule has 29 heavy (non-hydrogen) atoms. The van der Waals surface area contributed by atoms with E-state index in [1.165, 1.54) is 30.9 Å². The number of carbonyl (C=O) groups is 1. The van der Waals surface area contributed by atoms with E-state index < -0.39 is 27.8 Å². The van der Waals surface area contributed by atoms with Crippen molar-refractivity contribution in [2.24, 2.45) is 0 Å². The fourth-order valence-corrected chi connectivity index (χ4v) is 4.91. The SMILES string of the molecule is Cc1noc(C)c1S(=O)(=O)N[C@@H](CN1CCCC1=O)c1cccc(C(F)(F)F)c1. The summed E-state index contributed by atoms with van der Waals surface area (Å²) < 4.78 is 72.6. The summed E-state index contributed by atoms with van der Waals surface area (Å²) in [4.78, 5) is 13.3. The maximum Gasteiger partial charge on any atom is 0.416 e. The van der Waals surface area contributed by atoms with Gasteiger partial charge in [0.1, 0.15) is 10.6 Å². The Balaban J connectivity index is 1.99. The minimum absolute atomic E-state index is 0.0649. The van der Waals surface area contributed by atoms with Gasteiger partial charge in [0.2, 0.25) is 15.9 Å². The molecule has 11 heteroatoms. The number of amides is 1. The summed E-state index contributed by atoms with van der Waals surface area (Å²) in [6.07, 6.45) is -3.64. The number of aromatic nitrogens is 1. The first-order chi connectivity index (χ1) is 13.5. The molecule has 3 rings (SSSR count). The third-order valence-corrected chi connectivity index (χ3v) is 6.44. The molecule has 0 aliphatic carbocycles. The summed E-state index contributed by atoms with van der Waals surface area (Å²) in [5.74, 6) is -0.103. The molecule has 1 aromatic carbocycles. The second kappa shape index (κ2) is 7.79. The molecule has 1 atom stereocenters. The number of sulfonamides is 1. The zero-order valence-electron chi connectivity index (χ0n) is 15.8. The van der Waals surface area contributed by atoms with Gasteiger partial charge in [0, 0.05) is 19.5 Å². The van der Waals surface area contributed by atoms with E-state index in [0.29, 0.717) is 19.4 Å². The molecule has 0 bridgehead atoms. The third-order valence-electron chi connectivity index (χ3n) is 4.72. The zero-order valence-corrected chi connectivity index (χ0v) is 16.6. The van der Waals surface area contributed by atoms with Crippen LogP contribution in [0.2, 0.25) is 0 Å². The van der Waals surface area contributed by atoms with Gasteiger partial charge in [-0.1, -0.05) is 17.3 Å². The molecule has 1 saturated heterocycles. The van der Waals surface area contributed by atoms with E-state index in [-0.39, 0.29) is 34.4 Å². The highest BCUT2D eigenvalue weighted by Gasteiger charge is 2.34. The van der Waals surface area contributed by atoms with Crippen LogP contribution in [0, 0.1) is 13.8 Å². The lowest BCUT2D eigenvalue weighted by atomic mass is 10.0. The topological polar surface area (TPSA) is 92.5 Å². The van der Waals surface area contributed by atoms with Gasteiger partial charge in [0.15, 0.2) is 5.76 Å². The van der Waals surface area contributed by atoms with Crippen LogP contribution in [0.15, 0.2) is 33.7 Å². The standard InChI is InChI=1S/C18H20F3N3O4S/c1-11-17(12(2)28-22-11)29(26,27)23-15(10-24-8-4-7-16(24)25)13-5-3-6-14(9-13)18(19,20)21/h3,5-6,9,15,23H,4,7-8,10H2,1-2H3/t15-/m0/s1. The molecular formula is C18H20F3N3O4S. The van der Waals surface area contributed by atoms with E-state index >= 15 is 0 Å². The number of hydrogen-bond acceptors (Lipinski definition) is 5. The van der Waals surface area contributed by atoms with Crippen molar-refractivity contribution in [2.45, 2.75) is 43.8 Å². The van der Waals surface area contributed by atoms with E-state index in [0.717, 1.165) is 12.1 Å². The number of likely N-dealkylation sites (tertiary alicyclic amines) is 1. The summed E-state index contributed by atoms with van der Waals surface area (Å²) in [6, 6.07) is 3.33. The number of rotatable bonds is 6. The van der Waals surface area contributed by atoms with Crippen LogP contribution in [-0.2, 0) is 21.0 Å². The molecule has 1 amide bonds. The van der Waals surface area contributed by atoms with Crippen molar-refractivity contribution >= 4 is 15.9 Å². The van der Waals surface area contributed by atoms with Crippen LogP contribution in [0.1, 0.15) is 41.5 Å². The molecular weight excluding hydrogens is 411 g/mol. The molecule has 1 aliphatic rings. The second-order valence-electron chi connectivity index (χ2n) is 6.89. The molecule has 2 heterocycles. The molecule has 2 aromatic rings. The minimum atomic E-state index is -4.58. The Kier molecular flexibility index (Phi) is 5.72. The van der Waals surface area contributed by atoms with Crippen LogP contribution < -0.4 is 4.72 Å². The number of nitrogens with one attached hydrogen (secondary N) is 1. The van der Waals surface area contributed by atoms with E-state index in [1.54, 1.807) is 0 Å². The predicted molar refractivity (Wildman–Crippen MR) is 96.3 cm³/mol. The highest BCUT2D eigenvalue weighted by molar-refractivity contribution is 7.89. The van der Waals surface area contributed by atoms with Gasteiger partial charge in [-0.2, -0.15) is 13.2 Å². The fraction of sp³-hybridized carbons (Fsp3) is 0.444. The highest BCUT2D eigenvalue weighted by Crippen LogP contribution is 2.32. The predicted octanol–water partition coefficient (Wildman–Crippen LogP) is 2.95. The van der Waals surface area contributed by atoms with Crippen molar-refractivity contribution in [2.75, 3.05) is 13.1 Å². The maximum absolute atomic E-state index is 13.1. The number of hydrogen-bond donors (Lipinski definition) is 1. The van der Waals surface area contributed by atoms with Crippen molar-refractivity contribution in [1.29, 1.82) is 0 Å². The first-order valence-electron chi connectivity index (χ1n) is 8.89. The molecule has 158 valence electrons. The van der Waals surface area contributed by atoms with Crippen molar-refractivity contribution in [1.82, 2.24) is 14.8 Å². The van der Waals surface area contributed by atoms with Gasteiger partial charge >= 0.3 is 6.18 Å². The van der Waals surface area contributed by atoms with Crippen molar-refractivity contribution < 1.29 is 30.9 Å². The Morgan fingerprint density at radius 2 is 2.03 bits per heavy atom. The molecule has 1 N–H and O–H groups in total. The minimum Gasteiger partial charge on any atom is -0.360 e. The van der Waals surface area contributed by atoms with Crippen LogP contribution >= 0.6 is 0 Å². The summed E-state index contributed by atoms with van der Waals surface area (Å²) in [5, 5.41) is 3.62. The quantitative estimate of drug-likeness (QED) is 0.759. The highest BCUT2D eigenvalue weighted by atomic mass is 32.2. The normalized spacial score (nSPS) is 16.4. The molecule has 1 aromatic heterocycles. The Hall–Kier alpha value is -2.40. The summed E-state index contributed by atoms with van der Waals surface area (Å²) in [7, 11) is -4.16. The smallest absolute Gasteiger partial charge is 0.360 e. The molecule has 1 fully saturated rings. The second-order valence-corrected chi connectivity index (χ2v) is 8.54. The first kappa shape index (κ1) is 21.3. The Morgan fingerprint density at radius 3 is 2.59 bits per heavy atom. The van der Waals surface area contributed by atoms with E-state index in [9.17, 15) is 26.4 Å². The van der Waals surface area contributed by atoms with Crippen molar-refractivity contribution in [3.8, 4) is 0 Å². The van der Waals surface area contributed by atoms with Crippen LogP contribution in [0.25, 0.3) is 0 Å². The molecule has 0 unspecified atom stereocenters. The lowest BCUT2D eigenvalue weighted by molar-refractivity contribution is -0.137. The molecule has 7 nitrogen and oxygen atoms in total. The maximum atomic E-state index is 13.1. The largest absolute Gasteiger partial charge is 0.416 e. The molecule has 0 radical (unpaired) electrons. The molecule has 1 aliphatic heterocycles. The molecule has 0 spiro atoms. The Bertz CT molecular complexity index is 998. The van der Waals surface area contributed by atoms with E-state index in [4.69, 9.17) is 4.52 Å². The number of alkyl halides is 3. The first-order valence-corrected chi connectivity index (χ1v) is 10.4. The van der Waals surface area contributed by atoms with Crippen LogP contribution in [0.3, 0.4) is 0 Å². The number of halogens is 3. The Morgan fingerprint density at radius 1 is 1.31 bits per heavy atom. The lowest BCUT2D eigenvalue weighted by Crippen LogP contribution is -2.39. The average Bonchev–Trinajstić information content (AvgIpc) is 3.19. The van der Waals surface area contributed by atoms with Gasteiger partial charge in [-0.05, 0) is 38.0 Å². The van der Waals surface area contributed by atoms with Crippen LogP contribution in [0.5, 0.6) is 0 Å². The van der Waals surface area contributed by atoms with Gasteiger partial charge < -0.3 is 9.42 Å². The number of nitrogens with zero attached hydrogens (tertiary/aromatic N) is 2. The van der Waals surface area contributed by atoms with E-state index in [1.807, 2.05) is 0 Å². The summed E-state index contributed by atoms with van der Waals surface area (Å²) in [5.41, 5.74) is -0.658. The van der Waals surface area contributed by atoms with Crippen LogP contribution in [0.4, 0.5) is 13.2 Å². The van der Waals surface area contributed by atoms with Crippen LogP contribution in [-0.4, -0.2) is 37.5 Å². The summed E-state index contributed by atoms with van der Waals surface area (Å²) in [6.45, 7) is 3.22. The van der Waals surface area contributed by atoms with E-state index in [2.05, 4.69) is 9.88 Å². The van der Waals surface area contributed by atoms with Crippen molar-refractivity contribution in [3.05, 3.63) is 46.8 Å². The zero-order chi connectivity index (χ0) is 21.4. The monoisotopic (exact) mass is 431 g/mol. The Labute approximate surface area is 165 Å². The van der Waals surface area contributed by atoms with Gasteiger partial charge in [0.25, 0.3) is 0 Å². The number of carbonyl (C=O) groups excluding carboxylic acids is 1. The van der Waals surface area contributed by atoms with Crippen molar-refractivity contribution in [3.63, 3.8) is 0 Å². The molecule has 0 saturated carbocycles. The fourth-order valence-electron chi connectivity index (χ4n) is 3.36. The van der Waals surface area contributed by atoms with Gasteiger partial charge in [0.05, 0.1) is 11.6 Å². The lowest BCUT2D eigenvalue weighted by Gasteiger charge is -2.25. The average molecular weight is 431 g/mol. The summed E-state index contributed by atoms with van der Waals surface area (Å²) >= 11 is 0. The number of benzene rings is 1. The van der Waals surface area contributed by atoms with Gasteiger partial charge in [-0.15, -0.1) is 0 Å². The van der Waals surface area contributed by atoms with Gasteiger partial charge in [-0.25, -0.2) is 13.1 Å². The van der Waals surface area contributed by atoms with Gasteiger partial charge in [-0.3, -0.25) is 4.79 Å². The number of aryl methyl sites for hydroxylation is 2.